The summed E-state index contributed by atoms with van der Waals surface area (Å²) in [5.41, 5.74) is 1.60. The summed E-state index contributed by atoms with van der Waals surface area (Å²) in [6.45, 7) is 0. The van der Waals surface area contributed by atoms with E-state index in [0.717, 1.165) is 22.3 Å². The van der Waals surface area contributed by atoms with Crippen LogP contribution < -0.4 is 0 Å². The Morgan fingerprint density at radius 2 is 2.06 bits per heavy atom. The number of fused-ring (bicyclic) bond motifs is 1. The second-order valence-corrected chi connectivity index (χ2v) is 4.84. The van der Waals surface area contributed by atoms with Crippen molar-refractivity contribution in [2.24, 2.45) is 0 Å². The fraction of sp³-hybridized carbons (Fsp3) is 0. The van der Waals surface area contributed by atoms with Gasteiger partial charge in [0.1, 0.15) is 0 Å². The van der Waals surface area contributed by atoms with Crippen molar-refractivity contribution in [3.05, 3.63) is 47.9 Å². The number of aromatic nitrogens is 1. The second-order valence-electron chi connectivity index (χ2n) is 3.36. The van der Waals surface area contributed by atoms with Crippen molar-refractivity contribution < 1.29 is 14.4 Å². The molecule has 2 rings (SSSR count). The summed E-state index contributed by atoms with van der Waals surface area (Å²) in [6, 6.07) is 9.13. The molecule has 5 heteroatoms. The molecule has 82 valence electrons. The molecule has 0 aliphatic rings. The molecule has 0 saturated carbocycles. The molecular formula is C11H10NO3P. The minimum atomic E-state index is -4.09. The summed E-state index contributed by atoms with van der Waals surface area (Å²) in [6.07, 6.45) is 3.11. The van der Waals surface area contributed by atoms with Crippen molar-refractivity contribution in [1.82, 2.24) is 4.98 Å². The summed E-state index contributed by atoms with van der Waals surface area (Å²) in [5.74, 6) is 0.893. The number of hydrogen-bond acceptors (Lipinski definition) is 2. The highest BCUT2D eigenvalue weighted by molar-refractivity contribution is 7.55. The summed E-state index contributed by atoms with van der Waals surface area (Å²) in [5, 5.41) is 0.940. The van der Waals surface area contributed by atoms with Crippen molar-refractivity contribution in [2.75, 3.05) is 0 Å². The van der Waals surface area contributed by atoms with E-state index in [9.17, 15) is 4.57 Å². The third-order valence-corrected chi connectivity index (χ3v) is 2.63. The molecule has 1 aromatic heterocycles. The normalized spacial score (nSPS) is 12.4. The maximum Gasteiger partial charge on any atom is 0.349 e. The molecule has 16 heavy (non-hydrogen) atoms. The van der Waals surface area contributed by atoms with Gasteiger partial charge in [0.2, 0.25) is 0 Å². The van der Waals surface area contributed by atoms with Crippen LogP contribution in [0.1, 0.15) is 5.56 Å². The van der Waals surface area contributed by atoms with Gasteiger partial charge >= 0.3 is 7.60 Å². The van der Waals surface area contributed by atoms with Crippen LogP contribution in [0, 0.1) is 0 Å². The van der Waals surface area contributed by atoms with Crippen LogP contribution in [0.25, 0.3) is 17.0 Å². The molecule has 0 saturated heterocycles. The van der Waals surface area contributed by atoms with Crippen LogP contribution in [0.5, 0.6) is 0 Å². The summed E-state index contributed by atoms with van der Waals surface area (Å²) in [7, 11) is -4.09. The first-order valence-electron chi connectivity index (χ1n) is 4.64. The monoisotopic (exact) mass is 235 g/mol. The third-order valence-electron chi connectivity index (χ3n) is 2.09. The topological polar surface area (TPSA) is 70.4 Å². The third kappa shape index (κ3) is 2.76. The fourth-order valence-corrected chi connectivity index (χ4v) is 1.75. The first kappa shape index (κ1) is 11.0. The fourth-order valence-electron chi connectivity index (χ4n) is 1.38. The predicted octanol–water partition coefficient (Wildman–Crippen LogP) is 2.38. The number of pyridine rings is 1. The molecule has 0 atom stereocenters. The Balaban J connectivity index is 2.40. The van der Waals surface area contributed by atoms with Crippen LogP contribution in [0.15, 0.2) is 42.3 Å². The van der Waals surface area contributed by atoms with Gasteiger partial charge in [-0.15, -0.1) is 0 Å². The summed E-state index contributed by atoms with van der Waals surface area (Å²) >= 11 is 0. The largest absolute Gasteiger partial charge is 0.349 e. The maximum absolute atomic E-state index is 10.7. The summed E-state index contributed by atoms with van der Waals surface area (Å²) in [4.78, 5) is 21.6. The van der Waals surface area contributed by atoms with Crippen molar-refractivity contribution >= 4 is 24.6 Å². The Morgan fingerprint density at radius 1 is 1.25 bits per heavy atom. The molecular weight excluding hydrogens is 225 g/mol. The first-order valence-corrected chi connectivity index (χ1v) is 6.32. The highest BCUT2D eigenvalue weighted by Crippen LogP contribution is 2.36. The van der Waals surface area contributed by atoms with Gasteiger partial charge in [-0.1, -0.05) is 12.1 Å². The molecule has 0 unspecified atom stereocenters. The summed E-state index contributed by atoms with van der Waals surface area (Å²) < 4.78 is 10.7. The zero-order valence-corrected chi connectivity index (χ0v) is 9.21. The Bertz CT molecular complexity index is 589. The van der Waals surface area contributed by atoms with Crippen LogP contribution in [0.4, 0.5) is 0 Å². The molecule has 1 heterocycles. The second kappa shape index (κ2) is 4.18. The zero-order valence-electron chi connectivity index (χ0n) is 8.32. The van der Waals surface area contributed by atoms with E-state index in [4.69, 9.17) is 9.79 Å². The molecule has 0 bridgehead atoms. The molecule has 0 spiro atoms. The lowest BCUT2D eigenvalue weighted by Gasteiger charge is -1.99. The van der Waals surface area contributed by atoms with E-state index < -0.39 is 7.60 Å². The van der Waals surface area contributed by atoms with Gasteiger partial charge in [-0.3, -0.25) is 9.55 Å². The molecule has 0 amide bonds. The molecule has 2 aromatic rings. The van der Waals surface area contributed by atoms with E-state index in [1.54, 1.807) is 12.3 Å². The van der Waals surface area contributed by atoms with Gasteiger partial charge in [0.05, 0.1) is 5.52 Å². The van der Waals surface area contributed by atoms with Crippen molar-refractivity contribution in [3.8, 4) is 0 Å². The smallest absolute Gasteiger partial charge is 0.321 e. The van der Waals surface area contributed by atoms with Gasteiger partial charge < -0.3 is 9.79 Å². The highest BCUT2D eigenvalue weighted by Gasteiger charge is 2.05. The van der Waals surface area contributed by atoms with Crippen LogP contribution >= 0.6 is 7.60 Å². The molecule has 0 fully saturated rings. The van der Waals surface area contributed by atoms with E-state index in [-0.39, 0.29) is 0 Å². The Hall–Kier alpha value is -1.48. The van der Waals surface area contributed by atoms with E-state index in [0.29, 0.717) is 0 Å². The molecule has 0 aliphatic heterocycles. The average Bonchev–Trinajstić information content (AvgIpc) is 2.25. The van der Waals surface area contributed by atoms with Gasteiger partial charge in [0.25, 0.3) is 0 Å². The van der Waals surface area contributed by atoms with Crippen molar-refractivity contribution in [1.29, 1.82) is 0 Å². The van der Waals surface area contributed by atoms with Gasteiger partial charge in [-0.25, -0.2) is 0 Å². The maximum atomic E-state index is 10.7. The van der Waals surface area contributed by atoms with Gasteiger partial charge in [0.15, 0.2) is 0 Å². The quantitative estimate of drug-likeness (QED) is 0.784. The highest BCUT2D eigenvalue weighted by atomic mass is 31.2. The molecule has 0 radical (unpaired) electrons. The van der Waals surface area contributed by atoms with Gasteiger partial charge in [-0.2, -0.15) is 0 Å². The molecule has 0 aliphatic carbocycles. The van der Waals surface area contributed by atoms with E-state index >= 15 is 0 Å². The van der Waals surface area contributed by atoms with E-state index in [2.05, 4.69) is 4.98 Å². The Morgan fingerprint density at radius 3 is 2.81 bits per heavy atom. The Kier molecular flexibility index (Phi) is 2.88. The van der Waals surface area contributed by atoms with Crippen molar-refractivity contribution in [3.63, 3.8) is 0 Å². The number of rotatable bonds is 2. The molecule has 4 nitrogen and oxygen atoms in total. The van der Waals surface area contributed by atoms with Crippen molar-refractivity contribution in [2.45, 2.75) is 0 Å². The minimum absolute atomic E-state index is 0.740. The number of hydrogen-bond donors (Lipinski definition) is 2. The lowest BCUT2D eigenvalue weighted by Crippen LogP contribution is -1.79. The molecule has 1 aromatic carbocycles. The van der Waals surface area contributed by atoms with Gasteiger partial charge in [-0.05, 0) is 29.8 Å². The van der Waals surface area contributed by atoms with E-state index in [1.807, 2.05) is 24.3 Å². The molecule has 2 N–H and O–H groups in total. The zero-order chi connectivity index (χ0) is 11.6. The van der Waals surface area contributed by atoms with E-state index in [1.165, 1.54) is 6.08 Å². The standard InChI is InChI=1S/C11H10NO3P/c13-16(14,15)7-5-9-3-4-11-10(8-9)2-1-6-12-11/h1-8H,(H2,13,14,15)/b7-5+. The number of nitrogens with zero attached hydrogens (tertiary/aromatic N) is 1. The van der Waals surface area contributed by atoms with Crippen LogP contribution in [0.3, 0.4) is 0 Å². The number of benzene rings is 1. The van der Waals surface area contributed by atoms with Crippen LogP contribution in [-0.4, -0.2) is 14.8 Å². The lowest BCUT2D eigenvalue weighted by molar-refractivity contribution is 0.386. The van der Waals surface area contributed by atoms with Crippen LogP contribution in [-0.2, 0) is 4.57 Å². The Labute approximate surface area is 92.4 Å². The van der Waals surface area contributed by atoms with Gasteiger partial charge in [0, 0.05) is 17.4 Å². The predicted molar refractivity (Wildman–Crippen MR) is 62.8 cm³/mol. The minimum Gasteiger partial charge on any atom is -0.321 e. The average molecular weight is 235 g/mol. The van der Waals surface area contributed by atoms with Crippen LogP contribution in [0.2, 0.25) is 0 Å². The SMILES string of the molecule is O=P(O)(O)/C=C/c1ccc2ncccc2c1. The first-order chi connectivity index (χ1) is 7.54. The lowest BCUT2D eigenvalue weighted by atomic mass is 10.1.